The van der Waals surface area contributed by atoms with Crippen LogP contribution in [-0.2, 0) is 17.7 Å². The van der Waals surface area contributed by atoms with E-state index in [0.29, 0.717) is 0 Å². The summed E-state index contributed by atoms with van der Waals surface area (Å²) in [5, 5.41) is 1.68. The van der Waals surface area contributed by atoms with E-state index < -0.39 is 49.8 Å². The summed E-state index contributed by atoms with van der Waals surface area (Å²) in [5.41, 5.74) is 0. The zero-order valence-electron chi connectivity index (χ0n) is 22.9. The van der Waals surface area contributed by atoms with E-state index in [1.54, 1.807) is 7.05 Å². The van der Waals surface area contributed by atoms with Crippen LogP contribution in [0.3, 0.4) is 0 Å². The molecule has 6 nitrogen and oxygen atoms in total. The van der Waals surface area contributed by atoms with E-state index in [-0.39, 0.29) is 6.23 Å². The highest BCUT2D eigenvalue weighted by Crippen LogP contribution is 2.41. The van der Waals surface area contributed by atoms with Crippen molar-refractivity contribution < 1.29 is 22.5 Å². The Morgan fingerprint density at radius 3 is 1.71 bits per heavy atom. The SMILES string of the molecule is CCCC(C)(O[Si](C)(COC(=O)NC)C(C)(CC)O[Si](C)(C)C)[Si](C)(C)O[Si](C)(C)C. The van der Waals surface area contributed by atoms with Gasteiger partial charge < -0.3 is 23.0 Å². The van der Waals surface area contributed by atoms with Gasteiger partial charge in [0, 0.05) is 7.05 Å². The van der Waals surface area contributed by atoms with Gasteiger partial charge in [0.05, 0.1) is 10.4 Å². The molecule has 1 amide bonds. The molecule has 0 spiro atoms. The number of nitrogens with one attached hydrogen (secondary N) is 1. The Bertz CT molecular complexity index is 593. The first-order chi connectivity index (χ1) is 13.7. The summed E-state index contributed by atoms with van der Waals surface area (Å²) in [6.45, 7) is 28.8. The minimum Gasteiger partial charge on any atom is -0.454 e. The van der Waals surface area contributed by atoms with Crippen LogP contribution in [0.5, 0.6) is 0 Å². The number of hydrogen-bond acceptors (Lipinski definition) is 5. The van der Waals surface area contributed by atoms with Crippen LogP contribution in [0.4, 0.5) is 4.79 Å². The molecule has 186 valence electrons. The first-order valence-corrected chi connectivity index (χ1v) is 24.0. The van der Waals surface area contributed by atoms with Crippen molar-refractivity contribution in [3.05, 3.63) is 0 Å². The summed E-state index contributed by atoms with van der Waals surface area (Å²) in [6.07, 6.45) is 2.53. The first kappa shape index (κ1) is 31.0. The molecule has 0 aliphatic heterocycles. The molecule has 0 heterocycles. The summed E-state index contributed by atoms with van der Waals surface area (Å²) in [4.78, 5) is 12.0. The smallest absolute Gasteiger partial charge is 0.406 e. The molecule has 1 N–H and O–H groups in total. The largest absolute Gasteiger partial charge is 0.454 e. The van der Waals surface area contributed by atoms with Crippen molar-refractivity contribution in [2.75, 3.05) is 13.3 Å². The number of amides is 1. The average Bonchev–Trinajstić information content (AvgIpc) is 2.55. The fraction of sp³-hybridized carbons (Fsp3) is 0.952. The second-order valence-electron chi connectivity index (χ2n) is 11.7. The molecule has 3 unspecified atom stereocenters. The average molecular weight is 510 g/mol. The summed E-state index contributed by atoms with van der Waals surface area (Å²) in [7, 11) is -7.08. The molecule has 31 heavy (non-hydrogen) atoms. The molecule has 0 aromatic heterocycles. The fourth-order valence-electron chi connectivity index (χ4n) is 4.12. The van der Waals surface area contributed by atoms with Gasteiger partial charge in [0.1, 0.15) is 6.23 Å². The molecule has 0 aromatic carbocycles. The maximum absolute atomic E-state index is 12.0. The van der Waals surface area contributed by atoms with Crippen LogP contribution >= 0.6 is 0 Å². The van der Waals surface area contributed by atoms with Gasteiger partial charge in [-0.2, -0.15) is 0 Å². The number of hydrogen-bond donors (Lipinski definition) is 1. The van der Waals surface area contributed by atoms with Crippen LogP contribution < -0.4 is 5.32 Å². The number of rotatable bonds is 13. The van der Waals surface area contributed by atoms with Gasteiger partial charge in [-0.1, -0.05) is 20.3 Å². The van der Waals surface area contributed by atoms with Crippen LogP contribution in [-0.4, -0.2) is 63.1 Å². The fourth-order valence-corrected chi connectivity index (χ4v) is 19.7. The van der Waals surface area contributed by atoms with Crippen molar-refractivity contribution in [1.29, 1.82) is 0 Å². The van der Waals surface area contributed by atoms with Crippen molar-refractivity contribution in [3.8, 4) is 0 Å². The molecule has 0 aliphatic rings. The molecule has 0 radical (unpaired) electrons. The third-order valence-electron chi connectivity index (χ3n) is 6.02. The van der Waals surface area contributed by atoms with E-state index in [1.807, 2.05) is 0 Å². The van der Waals surface area contributed by atoms with Gasteiger partial charge in [-0.3, -0.25) is 0 Å². The summed E-state index contributed by atoms with van der Waals surface area (Å²) >= 11 is 0. The predicted molar refractivity (Wildman–Crippen MR) is 141 cm³/mol. The van der Waals surface area contributed by atoms with Crippen LogP contribution in [0.1, 0.15) is 47.0 Å². The van der Waals surface area contributed by atoms with E-state index in [0.717, 1.165) is 19.3 Å². The van der Waals surface area contributed by atoms with Crippen molar-refractivity contribution in [2.45, 2.75) is 116 Å². The highest BCUT2D eigenvalue weighted by atomic mass is 28.4. The van der Waals surface area contributed by atoms with Gasteiger partial charge in [-0.15, -0.1) is 0 Å². The first-order valence-electron chi connectivity index (χ1n) is 11.6. The van der Waals surface area contributed by atoms with Gasteiger partial charge >= 0.3 is 6.09 Å². The molecule has 3 atom stereocenters. The van der Waals surface area contributed by atoms with E-state index in [2.05, 4.69) is 91.9 Å². The molecular weight excluding hydrogens is 459 g/mol. The summed E-state index contributed by atoms with van der Waals surface area (Å²) in [6, 6.07) is 0. The Balaban J connectivity index is 6.44. The van der Waals surface area contributed by atoms with Gasteiger partial charge in [0.2, 0.25) is 8.32 Å². The standard InChI is InChI=1S/C21H51NO5Si4/c1-15-17-21(4,30(12,13)27-29(9,10)11)26-31(14,18-24-19(23)22-5)20(3,16-2)25-28(6,7)8/h15-18H2,1-14H3,(H,22,23). The van der Waals surface area contributed by atoms with E-state index >= 15 is 0 Å². The molecule has 0 rings (SSSR count). The third-order valence-corrected chi connectivity index (χ3v) is 19.2. The van der Waals surface area contributed by atoms with Crippen LogP contribution in [0.25, 0.3) is 0 Å². The molecular formula is C21H51NO5Si4. The quantitative estimate of drug-likeness (QED) is 0.300. The van der Waals surface area contributed by atoms with Crippen molar-refractivity contribution in [3.63, 3.8) is 0 Å². The number of carbonyl (C=O) groups excluding carboxylic acids is 1. The number of ether oxygens (including phenoxy) is 1. The Hall–Kier alpha value is 0.0175. The normalized spacial score (nSPS) is 19.2. The topological polar surface area (TPSA) is 66.0 Å². The number of alkyl carbamates (subject to hydrolysis) is 1. The van der Waals surface area contributed by atoms with Crippen LogP contribution in [0.2, 0.25) is 58.9 Å². The van der Waals surface area contributed by atoms with Crippen molar-refractivity contribution >= 4 is 39.4 Å². The Kier molecular flexibility index (Phi) is 11.0. The molecule has 0 saturated carbocycles. The Morgan fingerprint density at radius 2 is 1.35 bits per heavy atom. The van der Waals surface area contributed by atoms with Gasteiger partial charge in [-0.25, -0.2) is 4.79 Å². The van der Waals surface area contributed by atoms with E-state index in [4.69, 9.17) is 17.7 Å². The van der Waals surface area contributed by atoms with Gasteiger partial charge in [0.15, 0.2) is 16.6 Å². The molecule has 0 aromatic rings. The van der Waals surface area contributed by atoms with Crippen molar-refractivity contribution in [1.82, 2.24) is 5.32 Å². The lowest BCUT2D eigenvalue weighted by Crippen LogP contribution is -2.71. The monoisotopic (exact) mass is 509 g/mol. The molecule has 0 saturated heterocycles. The number of carbonyl (C=O) groups is 1. The lowest BCUT2D eigenvalue weighted by atomic mass is 10.2. The van der Waals surface area contributed by atoms with Gasteiger partial charge in [-0.05, 0) is 85.6 Å². The molecule has 10 heteroatoms. The highest BCUT2D eigenvalue weighted by Gasteiger charge is 2.58. The maximum atomic E-state index is 12.0. The Labute approximate surface area is 196 Å². The Morgan fingerprint density at radius 1 is 0.839 bits per heavy atom. The van der Waals surface area contributed by atoms with Crippen LogP contribution in [0.15, 0.2) is 0 Å². The van der Waals surface area contributed by atoms with Crippen LogP contribution in [0, 0.1) is 0 Å². The second-order valence-corrected chi connectivity index (χ2v) is 29.2. The molecule has 0 bridgehead atoms. The minimum absolute atomic E-state index is 0.248. The zero-order valence-corrected chi connectivity index (χ0v) is 26.9. The lowest BCUT2D eigenvalue weighted by molar-refractivity contribution is 0.0514. The molecule has 0 aliphatic carbocycles. The summed E-state index contributed by atoms with van der Waals surface area (Å²) in [5.74, 6) is 0. The zero-order chi connectivity index (χ0) is 24.9. The minimum atomic E-state index is -2.75. The van der Waals surface area contributed by atoms with E-state index in [9.17, 15) is 4.79 Å². The highest BCUT2D eigenvalue weighted by molar-refractivity contribution is 6.87. The lowest BCUT2D eigenvalue weighted by Gasteiger charge is -2.54. The van der Waals surface area contributed by atoms with Crippen molar-refractivity contribution in [2.24, 2.45) is 0 Å². The maximum Gasteiger partial charge on any atom is 0.406 e. The van der Waals surface area contributed by atoms with Gasteiger partial charge in [0.25, 0.3) is 8.32 Å². The second kappa shape index (κ2) is 11.0. The molecule has 0 fully saturated rings. The predicted octanol–water partition coefficient (Wildman–Crippen LogP) is 6.19. The third kappa shape index (κ3) is 9.05. The summed E-state index contributed by atoms with van der Waals surface area (Å²) < 4.78 is 26.5. The van der Waals surface area contributed by atoms with E-state index in [1.165, 1.54) is 0 Å².